The molecule has 6 heteroatoms. The lowest BCUT2D eigenvalue weighted by Gasteiger charge is -2.27. The predicted octanol–water partition coefficient (Wildman–Crippen LogP) is 1.61. The van der Waals surface area contributed by atoms with E-state index in [1.54, 1.807) is 12.0 Å². The summed E-state index contributed by atoms with van der Waals surface area (Å²) in [5, 5.41) is 0. The number of nitrogens with zero attached hydrogens (tertiary/aromatic N) is 1. The number of likely N-dealkylation sites (tertiary alicyclic amines) is 1. The number of hydrogen-bond acceptors (Lipinski definition) is 4. The van der Waals surface area contributed by atoms with Crippen LogP contribution in [0.15, 0.2) is 24.3 Å². The maximum Gasteiger partial charge on any atom is 0.260 e. The van der Waals surface area contributed by atoms with Crippen LogP contribution >= 0.6 is 0 Å². The van der Waals surface area contributed by atoms with Crippen molar-refractivity contribution in [3.63, 3.8) is 0 Å². The van der Waals surface area contributed by atoms with Gasteiger partial charge in [-0.15, -0.1) is 0 Å². The zero-order valence-electron chi connectivity index (χ0n) is 12.6. The van der Waals surface area contributed by atoms with E-state index in [-0.39, 0.29) is 30.0 Å². The minimum absolute atomic E-state index is 0.0713. The molecule has 5 nitrogen and oxygen atoms in total. The molecule has 1 aromatic carbocycles. The highest BCUT2D eigenvalue weighted by Crippen LogP contribution is 2.36. The maximum absolute atomic E-state index is 12.8. The number of ether oxygens (including phenoxy) is 3. The number of rotatable bonds is 4. The molecular formula is C16H20FNO4. The molecule has 22 heavy (non-hydrogen) atoms. The van der Waals surface area contributed by atoms with Crippen molar-refractivity contribution in [2.75, 3.05) is 33.4 Å². The number of carbonyl (C=O) groups is 1. The highest BCUT2D eigenvalue weighted by atomic mass is 19.1. The Bertz CT molecular complexity index is 527. The number of benzene rings is 1. The quantitative estimate of drug-likeness (QED) is 0.848. The lowest BCUT2D eigenvalue weighted by Crippen LogP contribution is -2.42. The van der Waals surface area contributed by atoms with Gasteiger partial charge in [-0.25, -0.2) is 4.39 Å². The van der Waals surface area contributed by atoms with E-state index in [0.717, 1.165) is 12.8 Å². The minimum Gasteiger partial charge on any atom is -0.484 e. The summed E-state index contributed by atoms with van der Waals surface area (Å²) >= 11 is 0. The Balaban J connectivity index is 1.57. The molecule has 2 heterocycles. The van der Waals surface area contributed by atoms with E-state index in [0.29, 0.717) is 25.4 Å². The van der Waals surface area contributed by atoms with Gasteiger partial charge in [0.05, 0.1) is 6.54 Å². The van der Waals surface area contributed by atoms with Crippen LogP contribution in [0.3, 0.4) is 0 Å². The van der Waals surface area contributed by atoms with Crippen LogP contribution in [0, 0.1) is 5.82 Å². The molecule has 1 spiro atoms. The highest BCUT2D eigenvalue weighted by molar-refractivity contribution is 5.78. The molecule has 120 valence electrons. The van der Waals surface area contributed by atoms with Gasteiger partial charge in [0, 0.05) is 20.3 Å². The summed E-state index contributed by atoms with van der Waals surface area (Å²) in [5.41, 5.74) is -0.361. The second kappa shape index (κ2) is 6.22. The molecule has 0 bridgehead atoms. The Morgan fingerprint density at radius 1 is 1.45 bits per heavy atom. The smallest absolute Gasteiger partial charge is 0.260 e. The Morgan fingerprint density at radius 2 is 2.23 bits per heavy atom. The molecule has 2 aliphatic heterocycles. The van der Waals surface area contributed by atoms with Gasteiger partial charge in [0.15, 0.2) is 6.61 Å². The molecule has 0 aliphatic carbocycles. The SMILES string of the molecule is CO[C@H]1CN(C(=O)COc2ccc(F)cc2)C[C@@]12CCCO2. The van der Waals surface area contributed by atoms with E-state index >= 15 is 0 Å². The summed E-state index contributed by atoms with van der Waals surface area (Å²) in [6.45, 7) is 1.70. The summed E-state index contributed by atoms with van der Waals surface area (Å²) in [7, 11) is 1.65. The molecular weight excluding hydrogens is 289 g/mol. The molecule has 1 amide bonds. The van der Waals surface area contributed by atoms with Crippen LogP contribution in [-0.2, 0) is 14.3 Å². The molecule has 2 saturated heterocycles. The third kappa shape index (κ3) is 2.94. The summed E-state index contributed by atoms with van der Waals surface area (Å²) in [4.78, 5) is 14.0. The molecule has 0 aromatic heterocycles. The Kier molecular flexibility index (Phi) is 4.31. The molecule has 1 aromatic rings. The van der Waals surface area contributed by atoms with E-state index in [2.05, 4.69) is 0 Å². The zero-order chi connectivity index (χ0) is 15.6. The summed E-state index contributed by atoms with van der Waals surface area (Å²) in [6, 6.07) is 5.62. The van der Waals surface area contributed by atoms with Crippen LogP contribution in [0.25, 0.3) is 0 Å². The van der Waals surface area contributed by atoms with Crippen molar-refractivity contribution < 1.29 is 23.4 Å². The topological polar surface area (TPSA) is 48.0 Å². The van der Waals surface area contributed by atoms with Crippen molar-refractivity contribution in [3.05, 3.63) is 30.1 Å². The lowest BCUT2D eigenvalue weighted by molar-refractivity contribution is -0.133. The van der Waals surface area contributed by atoms with Crippen LogP contribution in [0.2, 0.25) is 0 Å². The van der Waals surface area contributed by atoms with Crippen molar-refractivity contribution in [2.24, 2.45) is 0 Å². The average Bonchev–Trinajstić information content (AvgIpc) is 3.14. The molecule has 3 rings (SSSR count). The molecule has 2 atom stereocenters. The van der Waals surface area contributed by atoms with E-state index in [9.17, 15) is 9.18 Å². The fourth-order valence-corrected chi connectivity index (χ4v) is 3.20. The van der Waals surface area contributed by atoms with Gasteiger partial charge in [-0.2, -0.15) is 0 Å². The van der Waals surface area contributed by atoms with Crippen LogP contribution in [-0.4, -0.2) is 55.9 Å². The number of methoxy groups -OCH3 is 1. The average molecular weight is 309 g/mol. The fourth-order valence-electron chi connectivity index (χ4n) is 3.20. The fraction of sp³-hybridized carbons (Fsp3) is 0.562. The monoisotopic (exact) mass is 309 g/mol. The van der Waals surface area contributed by atoms with Crippen molar-refractivity contribution >= 4 is 5.91 Å². The number of amides is 1. The highest BCUT2D eigenvalue weighted by Gasteiger charge is 2.51. The van der Waals surface area contributed by atoms with Gasteiger partial charge < -0.3 is 19.1 Å². The number of carbonyl (C=O) groups excluding carboxylic acids is 1. The first-order valence-corrected chi connectivity index (χ1v) is 7.46. The molecule has 0 saturated carbocycles. The summed E-state index contributed by atoms with van der Waals surface area (Å²) in [6.07, 6.45) is 1.81. The van der Waals surface area contributed by atoms with Crippen molar-refractivity contribution in [2.45, 2.75) is 24.5 Å². The standard InChI is InChI=1S/C16H20FNO4/c1-20-14-9-18(11-16(14)7-2-8-22-16)15(19)10-21-13-5-3-12(17)4-6-13/h3-6,14H,2,7-11H2,1H3/t14-,16-/m0/s1. The van der Waals surface area contributed by atoms with E-state index < -0.39 is 0 Å². The van der Waals surface area contributed by atoms with Crippen LogP contribution in [0.1, 0.15) is 12.8 Å². The van der Waals surface area contributed by atoms with Crippen molar-refractivity contribution in [1.82, 2.24) is 4.90 Å². The Labute approximate surface area is 128 Å². The molecule has 2 fully saturated rings. The van der Waals surface area contributed by atoms with Crippen LogP contribution in [0.5, 0.6) is 5.75 Å². The molecule has 0 radical (unpaired) electrons. The third-order valence-electron chi connectivity index (χ3n) is 4.38. The number of hydrogen-bond donors (Lipinski definition) is 0. The largest absolute Gasteiger partial charge is 0.484 e. The van der Waals surface area contributed by atoms with E-state index in [4.69, 9.17) is 14.2 Å². The Hall–Kier alpha value is -1.66. The zero-order valence-corrected chi connectivity index (χ0v) is 12.6. The van der Waals surface area contributed by atoms with Gasteiger partial charge >= 0.3 is 0 Å². The van der Waals surface area contributed by atoms with Gasteiger partial charge in [0.25, 0.3) is 5.91 Å². The minimum atomic E-state index is -0.361. The third-order valence-corrected chi connectivity index (χ3v) is 4.38. The number of halogens is 1. The van der Waals surface area contributed by atoms with Crippen molar-refractivity contribution in [3.8, 4) is 5.75 Å². The van der Waals surface area contributed by atoms with Gasteiger partial charge in [-0.1, -0.05) is 0 Å². The lowest BCUT2D eigenvalue weighted by atomic mass is 9.97. The predicted molar refractivity (Wildman–Crippen MR) is 77.2 cm³/mol. The van der Waals surface area contributed by atoms with Gasteiger partial charge in [0.1, 0.15) is 23.3 Å². The normalized spacial score (nSPS) is 27.5. The van der Waals surface area contributed by atoms with Gasteiger partial charge in [0.2, 0.25) is 0 Å². The van der Waals surface area contributed by atoms with Gasteiger partial charge in [-0.3, -0.25) is 4.79 Å². The summed E-state index contributed by atoms with van der Waals surface area (Å²) < 4.78 is 29.6. The molecule has 0 unspecified atom stereocenters. The Morgan fingerprint density at radius 3 is 2.86 bits per heavy atom. The first kappa shape index (κ1) is 15.2. The van der Waals surface area contributed by atoms with E-state index in [1.165, 1.54) is 24.3 Å². The molecule has 2 aliphatic rings. The van der Waals surface area contributed by atoms with E-state index in [1.807, 2.05) is 0 Å². The summed E-state index contributed by atoms with van der Waals surface area (Å²) in [5.74, 6) is 0.0318. The van der Waals surface area contributed by atoms with Crippen molar-refractivity contribution in [1.29, 1.82) is 0 Å². The second-order valence-electron chi connectivity index (χ2n) is 5.76. The second-order valence-corrected chi connectivity index (χ2v) is 5.76. The first-order chi connectivity index (χ1) is 10.6. The maximum atomic E-state index is 12.8. The molecule has 0 N–H and O–H groups in total. The first-order valence-electron chi connectivity index (χ1n) is 7.46. The van der Waals surface area contributed by atoms with Crippen LogP contribution < -0.4 is 4.74 Å². The van der Waals surface area contributed by atoms with Crippen LogP contribution in [0.4, 0.5) is 4.39 Å². The van der Waals surface area contributed by atoms with Gasteiger partial charge in [-0.05, 0) is 37.1 Å².